The molecule has 28 heavy (non-hydrogen) atoms. The molecule has 0 aromatic heterocycles. The molecule has 0 aliphatic carbocycles. The van der Waals surface area contributed by atoms with Gasteiger partial charge in [0.2, 0.25) is 5.91 Å². The van der Waals surface area contributed by atoms with Gasteiger partial charge in [-0.05, 0) is 36.8 Å². The summed E-state index contributed by atoms with van der Waals surface area (Å²) in [4.78, 5) is 37.7. The lowest BCUT2D eigenvalue weighted by Gasteiger charge is -2.18. The second-order valence-electron chi connectivity index (χ2n) is 6.47. The molecule has 146 valence electrons. The summed E-state index contributed by atoms with van der Waals surface area (Å²) < 4.78 is 38.4. The summed E-state index contributed by atoms with van der Waals surface area (Å²) in [7, 11) is 0. The molecule has 1 heterocycles. The lowest BCUT2D eigenvalue weighted by atomic mass is 10.0. The molecule has 1 aliphatic heterocycles. The Bertz CT molecular complexity index is 905. The number of fused-ring (bicyclic) bond motifs is 1. The fraction of sp³-hybridized carbons (Fsp3) is 0.250. The monoisotopic (exact) mass is 390 g/mol. The van der Waals surface area contributed by atoms with Crippen molar-refractivity contribution in [2.45, 2.75) is 25.6 Å². The Labute approximate surface area is 159 Å². The smallest absolute Gasteiger partial charge is 0.350 e. The Balaban J connectivity index is 1.60. The number of nitrogens with one attached hydrogen (secondary N) is 1. The van der Waals surface area contributed by atoms with Crippen molar-refractivity contribution < 1.29 is 27.6 Å². The number of imide groups is 1. The lowest BCUT2D eigenvalue weighted by molar-refractivity contribution is -0.137. The molecular weight excluding hydrogens is 373 g/mol. The molecule has 1 unspecified atom stereocenters. The van der Waals surface area contributed by atoms with Crippen molar-refractivity contribution in [3.05, 3.63) is 70.8 Å². The van der Waals surface area contributed by atoms with Crippen LogP contribution in [0.4, 0.5) is 13.2 Å². The van der Waals surface area contributed by atoms with Gasteiger partial charge in [0.1, 0.15) is 0 Å². The SMILES string of the molecule is CC(NC(=O)CCN1C(=O)c2ccccc2C1=O)c1cccc(C(F)(F)F)c1. The first-order chi connectivity index (χ1) is 13.2. The highest BCUT2D eigenvalue weighted by Crippen LogP contribution is 2.30. The molecule has 0 saturated carbocycles. The van der Waals surface area contributed by atoms with Crippen molar-refractivity contribution in [3.8, 4) is 0 Å². The molecule has 3 amide bonds. The number of nitrogens with zero attached hydrogens (tertiary/aromatic N) is 1. The van der Waals surface area contributed by atoms with Gasteiger partial charge in [0.05, 0.1) is 22.7 Å². The van der Waals surface area contributed by atoms with Crippen LogP contribution in [0.2, 0.25) is 0 Å². The maximum atomic E-state index is 12.8. The van der Waals surface area contributed by atoms with Gasteiger partial charge in [-0.2, -0.15) is 13.2 Å². The van der Waals surface area contributed by atoms with Gasteiger partial charge in [0.15, 0.2) is 0 Å². The molecule has 1 aliphatic rings. The number of halogens is 3. The fourth-order valence-electron chi connectivity index (χ4n) is 3.04. The number of benzene rings is 2. The number of amides is 3. The minimum atomic E-state index is -4.47. The lowest BCUT2D eigenvalue weighted by Crippen LogP contribution is -2.35. The van der Waals surface area contributed by atoms with Crippen LogP contribution in [-0.4, -0.2) is 29.2 Å². The maximum Gasteiger partial charge on any atom is 0.416 e. The molecule has 8 heteroatoms. The Hall–Kier alpha value is -3.16. The second-order valence-corrected chi connectivity index (χ2v) is 6.47. The first-order valence-electron chi connectivity index (χ1n) is 8.60. The van der Waals surface area contributed by atoms with Gasteiger partial charge in [-0.15, -0.1) is 0 Å². The van der Waals surface area contributed by atoms with Gasteiger partial charge in [0, 0.05) is 13.0 Å². The third-order valence-electron chi connectivity index (χ3n) is 4.53. The first-order valence-corrected chi connectivity index (χ1v) is 8.60. The van der Waals surface area contributed by atoms with Crippen LogP contribution in [0.1, 0.15) is 51.2 Å². The van der Waals surface area contributed by atoms with Gasteiger partial charge in [-0.1, -0.05) is 24.3 Å². The summed E-state index contributed by atoms with van der Waals surface area (Å²) in [6.45, 7) is 1.46. The number of hydrogen-bond donors (Lipinski definition) is 1. The van der Waals surface area contributed by atoms with Gasteiger partial charge in [-0.25, -0.2) is 0 Å². The molecule has 5 nitrogen and oxygen atoms in total. The highest BCUT2D eigenvalue weighted by molar-refractivity contribution is 6.21. The average molecular weight is 390 g/mol. The van der Waals surface area contributed by atoms with Crippen molar-refractivity contribution in [2.24, 2.45) is 0 Å². The van der Waals surface area contributed by atoms with E-state index in [9.17, 15) is 27.6 Å². The van der Waals surface area contributed by atoms with Crippen LogP contribution in [-0.2, 0) is 11.0 Å². The quantitative estimate of drug-likeness (QED) is 0.794. The Morgan fingerprint density at radius 3 is 2.21 bits per heavy atom. The van der Waals surface area contributed by atoms with Crippen molar-refractivity contribution in [2.75, 3.05) is 6.54 Å². The predicted molar refractivity (Wildman–Crippen MR) is 94.4 cm³/mol. The van der Waals surface area contributed by atoms with Crippen LogP contribution in [0, 0.1) is 0 Å². The van der Waals surface area contributed by atoms with Crippen molar-refractivity contribution in [1.82, 2.24) is 10.2 Å². The standard InChI is InChI=1S/C20H17F3N2O3/c1-12(13-5-4-6-14(11-13)20(21,22)23)24-17(26)9-10-25-18(27)15-7-2-3-8-16(15)19(25)28/h2-8,11-12H,9-10H2,1H3,(H,24,26). The number of rotatable bonds is 5. The van der Waals surface area contributed by atoms with E-state index in [1.165, 1.54) is 12.1 Å². The van der Waals surface area contributed by atoms with E-state index in [1.807, 2.05) is 0 Å². The minimum absolute atomic E-state index is 0.104. The van der Waals surface area contributed by atoms with Gasteiger partial charge in [0.25, 0.3) is 11.8 Å². The zero-order valence-corrected chi connectivity index (χ0v) is 14.9. The van der Waals surface area contributed by atoms with E-state index in [1.54, 1.807) is 31.2 Å². The molecule has 3 rings (SSSR count). The maximum absolute atomic E-state index is 12.8. The van der Waals surface area contributed by atoms with Crippen LogP contribution in [0.5, 0.6) is 0 Å². The third kappa shape index (κ3) is 3.90. The number of carbonyl (C=O) groups is 3. The molecule has 0 saturated heterocycles. The molecule has 0 bridgehead atoms. The van der Waals surface area contributed by atoms with Crippen LogP contribution < -0.4 is 5.32 Å². The van der Waals surface area contributed by atoms with E-state index in [0.717, 1.165) is 17.0 Å². The third-order valence-corrected chi connectivity index (χ3v) is 4.53. The highest BCUT2D eigenvalue weighted by Gasteiger charge is 2.35. The molecular formula is C20H17F3N2O3. The average Bonchev–Trinajstić information content (AvgIpc) is 2.90. The van der Waals surface area contributed by atoms with E-state index in [4.69, 9.17) is 0 Å². The molecule has 1 N–H and O–H groups in total. The zero-order valence-electron chi connectivity index (χ0n) is 14.9. The first kappa shape index (κ1) is 19.6. The van der Waals surface area contributed by atoms with Crippen molar-refractivity contribution in [3.63, 3.8) is 0 Å². The summed E-state index contributed by atoms with van der Waals surface area (Å²) in [6.07, 6.45) is -4.61. The summed E-state index contributed by atoms with van der Waals surface area (Å²) in [5, 5.41) is 2.59. The Kier molecular flexibility index (Phi) is 5.22. The Morgan fingerprint density at radius 2 is 1.64 bits per heavy atom. The van der Waals surface area contributed by atoms with E-state index < -0.39 is 35.5 Å². The normalized spacial score (nSPS) is 14.8. The van der Waals surface area contributed by atoms with E-state index in [0.29, 0.717) is 16.7 Å². The largest absolute Gasteiger partial charge is 0.416 e. The summed E-state index contributed by atoms with van der Waals surface area (Å²) in [6, 6.07) is 10.4. The van der Waals surface area contributed by atoms with E-state index in [-0.39, 0.29) is 13.0 Å². The second kappa shape index (κ2) is 7.46. The highest BCUT2D eigenvalue weighted by atomic mass is 19.4. The van der Waals surface area contributed by atoms with Crippen molar-refractivity contribution >= 4 is 17.7 Å². The topological polar surface area (TPSA) is 66.5 Å². The fourth-order valence-corrected chi connectivity index (χ4v) is 3.04. The number of carbonyl (C=O) groups excluding carboxylic acids is 3. The summed E-state index contributed by atoms with van der Waals surface area (Å²) >= 11 is 0. The van der Waals surface area contributed by atoms with Crippen LogP contribution in [0.3, 0.4) is 0 Å². The van der Waals surface area contributed by atoms with Crippen molar-refractivity contribution in [1.29, 1.82) is 0 Å². The van der Waals surface area contributed by atoms with E-state index in [2.05, 4.69) is 5.32 Å². The van der Waals surface area contributed by atoms with Crippen LogP contribution in [0.25, 0.3) is 0 Å². The van der Waals surface area contributed by atoms with Crippen LogP contribution in [0.15, 0.2) is 48.5 Å². The number of alkyl halides is 3. The summed E-state index contributed by atoms with van der Waals surface area (Å²) in [5.41, 5.74) is 0.108. The van der Waals surface area contributed by atoms with Gasteiger partial charge < -0.3 is 5.32 Å². The zero-order chi connectivity index (χ0) is 20.5. The van der Waals surface area contributed by atoms with E-state index >= 15 is 0 Å². The minimum Gasteiger partial charge on any atom is -0.350 e. The summed E-state index contributed by atoms with van der Waals surface area (Å²) in [5.74, 6) is -1.39. The predicted octanol–water partition coefficient (Wildman–Crippen LogP) is 3.57. The molecule has 0 radical (unpaired) electrons. The molecule has 2 aromatic carbocycles. The molecule has 1 atom stereocenters. The Morgan fingerprint density at radius 1 is 1.04 bits per heavy atom. The van der Waals surface area contributed by atoms with Gasteiger partial charge in [-0.3, -0.25) is 19.3 Å². The molecule has 2 aromatic rings. The number of hydrogen-bond acceptors (Lipinski definition) is 3. The molecule has 0 spiro atoms. The van der Waals surface area contributed by atoms with Gasteiger partial charge >= 0.3 is 6.18 Å². The molecule has 0 fully saturated rings. The van der Waals surface area contributed by atoms with Crippen LogP contribution >= 0.6 is 0 Å².